The molecule has 82 valence electrons. The molecular weight excluding hydrogens is 226 g/mol. The minimum Gasteiger partial charge on any atom is -0.508 e. The van der Waals surface area contributed by atoms with Crippen LogP contribution in [0.15, 0.2) is 35.1 Å². The summed E-state index contributed by atoms with van der Waals surface area (Å²) in [5.74, 6) is 0.684. The molecule has 2 aromatic rings. The largest absolute Gasteiger partial charge is 0.508 e. The number of aromatic hydroxyl groups is 1. The summed E-state index contributed by atoms with van der Waals surface area (Å²) >= 11 is 4.83. The lowest BCUT2D eigenvalue weighted by Crippen LogP contribution is -2.07. The molecule has 0 amide bonds. The van der Waals surface area contributed by atoms with Gasteiger partial charge in [-0.1, -0.05) is 0 Å². The first-order chi connectivity index (χ1) is 7.63. The lowest BCUT2D eigenvalue weighted by Gasteiger charge is -2.05. The van der Waals surface area contributed by atoms with Gasteiger partial charge in [-0.2, -0.15) is 0 Å². The van der Waals surface area contributed by atoms with E-state index in [1.165, 1.54) is 6.07 Å². The molecule has 0 aliphatic heterocycles. The Morgan fingerprint density at radius 3 is 2.50 bits per heavy atom. The van der Waals surface area contributed by atoms with Crippen molar-refractivity contribution in [3.8, 4) is 5.75 Å². The van der Waals surface area contributed by atoms with Crippen molar-refractivity contribution < 1.29 is 5.11 Å². The molecule has 0 bridgehead atoms. The Labute approximate surface area is 95.8 Å². The van der Waals surface area contributed by atoms with Gasteiger partial charge in [0.05, 0.1) is 0 Å². The van der Waals surface area contributed by atoms with Crippen molar-refractivity contribution >= 4 is 23.7 Å². The highest BCUT2D eigenvalue weighted by atomic mass is 32.1. The van der Waals surface area contributed by atoms with Gasteiger partial charge < -0.3 is 15.4 Å². The SMILES string of the molecule is O=c1cc(Nc2ccc(O)cc2)[nH]c(=S)[nH]1. The van der Waals surface area contributed by atoms with Gasteiger partial charge in [0.15, 0.2) is 4.77 Å². The molecule has 0 spiro atoms. The molecule has 0 radical (unpaired) electrons. The highest BCUT2D eigenvalue weighted by Gasteiger charge is 1.96. The fourth-order valence-corrected chi connectivity index (χ4v) is 1.45. The van der Waals surface area contributed by atoms with E-state index in [1.807, 2.05) is 0 Å². The second-order valence-electron chi connectivity index (χ2n) is 3.17. The number of benzene rings is 1. The topological polar surface area (TPSA) is 80.9 Å². The highest BCUT2D eigenvalue weighted by molar-refractivity contribution is 7.71. The average Bonchev–Trinajstić information content (AvgIpc) is 2.20. The minimum atomic E-state index is -0.273. The van der Waals surface area contributed by atoms with Crippen molar-refractivity contribution in [3.05, 3.63) is 45.5 Å². The number of H-pyrrole nitrogens is 2. The molecule has 1 aromatic heterocycles. The number of aromatic amines is 2. The number of hydrogen-bond donors (Lipinski definition) is 4. The van der Waals surface area contributed by atoms with Crippen molar-refractivity contribution in [2.75, 3.05) is 5.32 Å². The molecule has 16 heavy (non-hydrogen) atoms. The van der Waals surface area contributed by atoms with Crippen LogP contribution in [0.25, 0.3) is 0 Å². The Hall–Kier alpha value is -2.08. The number of phenolic OH excluding ortho intramolecular Hbond substituents is 1. The maximum absolute atomic E-state index is 11.1. The Balaban J connectivity index is 2.30. The summed E-state index contributed by atoms with van der Waals surface area (Å²) in [6, 6.07) is 7.83. The van der Waals surface area contributed by atoms with E-state index in [1.54, 1.807) is 24.3 Å². The third kappa shape index (κ3) is 2.48. The van der Waals surface area contributed by atoms with E-state index in [0.717, 1.165) is 5.69 Å². The third-order valence-corrected chi connectivity index (χ3v) is 2.11. The van der Waals surface area contributed by atoms with Crippen LogP contribution in [-0.2, 0) is 0 Å². The Morgan fingerprint density at radius 1 is 1.19 bits per heavy atom. The first-order valence-electron chi connectivity index (χ1n) is 4.53. The molecule has 0 saturated carbocycles. The maximum Gasteiger partial charge on any atom is 0.253 e. The Kier molecular flexibility index (Phi) is 2.74. The van der Waals surface area contributed by atoms with Crippen molar-refractivity contribution in [3.63, 3.8) is 0 Å². The number of rotatable bonds is 2. The second-order valence-corrected chi connectivity index (χ2v) is 3.58. The normalized spacial score (nSPS) is 10.0. The van der Waals surface area contributed by atoms with Gasteiger partial charge in [-0.3, -0.25) is 9.78 Å². The van der Waals surface area contributed by atoms with Gasteiger partial charge in [0.1, 0.15) is 11.6 Å². The van der Waals surface area contributed by atoms with Crippen molar-refractivity contribution in [2.45, 2.75) is 0 Å². The van der Waals surface area contributed by atoms with Gasteiger partial charge in [-0.25, -0.2) is 0 Å². The molecule has 4 N–H and O–H groups in total. The number of aromatic nitrogens is 2. The smallest absolute Gasteiger partial charge is 0.253 e. The van der Waals surface area contributed by atoms with Crippen molar-refractivity contribution in [2.24, 2.45) is 0 Å². The van der Waals surface area contributed by atoms with Gasteiger partial charge in [-0.15, -0.1) is 0 Å². The molecule has 1 heterocycles. The quantitative estimate of drug-likeness (QED) is 0.473. The highest BCUT2D eigenvalue weighted by Crippen LogP contribution is 2.16. The molecule has 0 aliphatic rings. The zero-order valence-electron chi connectivity index (χ0n) is 8.15. The average molecular weight is 235 g/mol. The summed E-state index contributed by atoms with van der Waals surface area (Å²) in [6.45, 7) is 0. The number of anilines is 2. The number of nitrogens with one attached hydrogen (secondary N) is 3. The molecule has 1 aromatic carbocycles. The second kappa shape index (κ2) is 4.19. The fourth-order valence-electron chi connectivity index (χ4n) is 1.24. The van der Waals surface area contributed by atoms with E-state index < -0.39 is 0 Å². The molecule has 0 aliphatic carbocycles. The minimum absolute atomic E-state index is 0.185. The summed E-state index contributed by atoms with van der Waals surface area (Å²) in [5.41, 5.74) is 0.471. The summed E-state index contributed by atoms with van der Waals surface area (Å²) in [4.78, 5) is 16.4. The molecule has 0 fully saturated rings. The van der Waals surface area contributed by atoms with Crippen LogP contribution in [0.2, 0.25) is 0 Å². The molecule has 0 unspecified atom stereocenters. The van der Waals surface area contributed by atoms with Crippen LogP contribution >= 0.6 is 12.2 Å². The van der Waals surface area contributed by atoms with Crippen LogP contribution in [0.3, 0.4) is 0 Å². The van der Waals surface area contributed by atoms with Crippen LogP contribution in [0.5, 0.6) is 5.75 Å². The van der Waals surface area contributed by atoms with Crippen LogP contribution in [-0.4, -0.2) is 15.1 Å². The van der Waals surface area contributed by atoms with E-state index in [2.05, 4.69) is 15.3 Å². The summed E-state index contributed by atoms with van der Waals surface area (Å²) in [7, 11) is 0. The van der Waals surface area contributed by atoms with Crippen molar-refractivity contribution in [1.29, 1.82) is 0 Å². The van der Waals surface area contributed by atoms with E-state index in [9.17, 15) is 4.79 Å². The van der Waals surface area contributed by atoms with Gasteiger partial charge >= 0.3 is 0 Å². The summed E-state index contributed by atoms with van der Waals surface area (Å²) in [6.07, 6.45) is 0. The monoisotopic (exact) mass is 235 g/mol. The molecule has 6 heteroatoms. The summed E-state index contributed by atoms with van der Waals surface area (Å²) in [5, 5.41) is 12.1. The lowest BCUT2D eigenvalue weighted by molar-refractivity contribution is 0.475. The van der Waals surface area contributed by atoms with Crippen LogP contribution < -0.4 is 10.9 Å². The standard InChI is InChI=1S/C10H9N3O2S/c14-7-3-1-6(2-4-7)11-8-5-9(15)13-10(16)12-8/h1-5,14H,(H3,11,12,13,15,16). The lowest BCUT2D eigenvalue weighted by atomic mass is 10.3. The maximum atomic E-state index is 11.1. The van der Waals surface area contributed by atoms with Crippen molar-refractivity contribution in [1.82, 2.24) is 9.97 Å². The molecule has 0 atom stereocenters. The first kappa shape index (κ1) is 10.4. The van der Waals surface area contributed by atoms with Gasteiger partial charge in [0.2, 0.25) is 0 Å². The molecular formula is C10H9N3O2S. The Morgan fingerprint density at radius 2 is 1.88 bits per heavy atom. The molecule has 2 rings (SSSR count). The number of phenols is 1. The Bertz CT molecular complexity index is 572. The summed E-state index contributed by atoms with van der Waals surface area (Å²) < 4.78 is 0.258. The van der Waals surface area contributed by atoms with Crippen LogP contribution in [0.4, 0.5) is 11.5 Å². The third-order valence-electron chi connectivity index (χ3n) is 1.91. The number of hydrogen-bond acceptors (Lipinski definition) is 4. The predicted molar refractivity (Wildman–Crippen MR) is 63.6 cm³/mol. The van der Waals surface area contributed by atoms with E-state index in [0.29, 0.717) is 5.82 Å². The van der Waals surface area contributed by atoms with E-state index in [-0.39, 0.29) is 16.1 Å². The van der Waals surface area contributed by atoms with Crippen LogP contribution in [0, 0.1) is 4.77 Å². The van der Waals surface area contributed by atoms with Crippen LogP contribution in [0.1, 0.15) is 0 Å². The predicted octanol–water partition coefficient (Wildman–Crippen LogP) is 1.88. The first-order valence-corrected chi connectivity index (χ1v) is 4.94. The van der Waals surface area contributed by atoms with E-state index >= 15 is 0 Å². The van der Waals surface area contributed by atoms with Gasteiger partial charge in [0, 0.05) is 11.8 Å². The van der Waals surface area contributed by atoms with E-state index in [4.69, 9.17) is 17.3 Å². The fraction of sp³-hybridized carbons (Fsp3) is 0. The molecule has 0 saturated heterocycles. The zero-order chi connectivity index (χ0) is 11.5. The van der Waals surface area contributed by atoms with Gasteiger partial charge in [-0.05, 0) is 36.5 Å². The van der Waals surface area contributed by atoms with Gasteiger partial charge in [0.25, 0.3) is 5.56 Å². The molecule has 5 nitrogen and oxygen atoms in total. The zero-order valence-corrected chi connectivity index (χ0v) is 8.97.